The fraction of sp³-hybridized carbons (Fsp3) is 0.400. The van der Waals surface area contributed by atoms with Crippen LogP contribution in [0.1, 0.15) is 24.8 Å². The number of hydrogen-bond donors (Lipinski definition) is 1. The summed E-state index contributed by atoms with van der Waals surface area (Å²) in [4.78, 5) is 1.77. The van der Waals surface area contributed by atoms with Crippen LogP contribution in [0, 0.1) is 24.5 Å². The highest BCUT2D eigenvalue weighted by Gasteiger charge is 2.25. The van der Waals surface area contributed by atoms with E-state index < -0.39 is 11.6 Å². The van der Waals surface area contributed by atoms with Crippen LogP contribution in [0.25, 0.3) is 0 Å². The number of aryl methyl sites for hydroxylation is 1. The molecule has 7 heteroatoms. The summed E-state index contributed by atoms with van der Waals surface area (Å²) in [5, 5.41) is 0.856. The SMILES string of the molecule is Cc1cc(F)c(N2CCC(COC3=CC=C(Cl)C(N)=C(Cl)C3)CC2)c(F)c1. The molecule has 0 bridgehead atoms. The summed E-state index contributed by atoms with van der Waals surface area (Å²) < 4.78 is 34.2. The molecule has 1 fully saturated rings. The average Bonchev–Trinajstić information content (AvgIpc) is 2.74. The lowest BCUT2D eigenvalue weighted by atomic mass is 9.97. The van der Waals surface area contributed by atoms with Gasteiger partial charge in [0, 0.05) is 19.5 Å². The second kappa shape index (κ2) is 8.53. The molecule has 3 rings (SSSR count). The van der Waals surface area contributed by atoms with Crippen molar-refractivity contribution in [1.29, 1.82) is 0 Å². The van der Waals surface area contributed by atoms with E-state index in [1.807, 2.05) is 0 Å². The summed E-state index contributed by atoms with van der Waals surface area (Å²) >= 11 is 12.2. The first-order chi connectivity index (χ1) is 12.8. The third kappa shape index (κ3) is 4.77. The van der Waals surface area contributed by atoms with Gasteiger partial charge in [0.1, 0.15) is 23.1 Å². The highest BCUT2D eigenvalue weighted by Crippen LogP contribution is 2.31. The number of benzene rings is 1. The largest absolute Gasteiger partial charge is 0.497 e. The van der Waals surface area contributed by atoms with Crippen molar-refractivity contribution >= 4 is 28.9 Å². The molecule has 1 heterocycles. The lowest BCUT2D eigenvalue weighted by Crippen LogP contribution is -2.36. The molecular formula is C20H22Cl2F2N2O. The maximum absolute atomic E-state index is 14.2. The molecule has 146 valence electrons. The van der Waals surface area contributed by atoms with Crippen molar-refractivity contribution in [2.24, 2.45) is 11.7 Å². The van der Waals surface area contributed by atoms with Gasteiger partial charge in [-0.05, 0) is 55.5 Å². The number of ether oxygens (including phenoxy) is 1. The molecule has 0 spiro atoms. The standard InChI is InChI=1S/C20H22Cl2F2N2O/c1-12-8-17(23)20(18(24)9-12)26-6-4-13(5-7-26)11-27-14-2-3-15(21)19(25)16(22)10-14/h2-3,8-9,13H,4-7,10-11,25H2,1H3. The van der Waals surface area contributed by atoms with E-state index in [1.165, 1.54) is 12.1 Å². The van der Waals surface area contributed by atoms with Gasteiger partial charge in [-0.2, -0.15) is 0 Å². The van der Waals surface area contributed by atoms with Gasteiger partial charge in [-0.1, -0.05) is 23.2 Å². The van der Waals surface area contributed by atoms with Crippen LogP contribution in [0.4, 0.5) is 14.5 Å². The third-order valence-corrected chi connectivity index (χ3v) is 5.56. The average molecular weight is 415 g/mol. The van der Waals surface area contributed by atoms with Crippen LogP contribution in [0.5, 0.6) is 0 Å². The highest BCUT2D eigenvalue weighted by atomic mass is 35.5. The summed E-state index contributed by atoms with van der Waals surface area (Å²) in [7, 11) is 0. The van der Waals surface area contributed by atoms with E-state index in [1.54, 1.807) is 24.0 Å². The topological polar surface area (TPSA) is 38.5 Å². The second-order valence-corrected chi connectivity index (χ2v) is 7.82. The van der Waals surface area contributed by atoms with Gasteiger partial charge in [0.05, 0.1) is 22.4 Å². The van der Waals surface area contributed by atoms with Gasteiger partial charge in [-0.15, -0.1) is 0 Å². The zero-order valence-corrected chi connectivity index (χ0v) is 16.6. The van der Waals surface area contributed by atoms with Crippen molar-refractivity contribution in [3.05, 3.63) is 63.0 Å². The van der Waals surface area contributed by atoms with Crippen LogP contribution in [0.2, 0.25) is 0 Å². The van der Waals surface area contributed by atoms with Crippen LogP contribution >= 0.6 is 23.2 Å². The first-order valence-corrected chi connectivity index (χ1v) is 9.65. The molecule has 1 aromatic rings. The number of piperidine rings is 1. The van der Waals surface area contributed by atoms with Crippen LogP contribution in [-0.4, -0.2) is 19.7 Å². The molecule has 1 aliphatic carbocycles. The number of nitrogens with two attached hydrogens (primary N) is 1. The number of halogens is 4. The summed E-state index contributed by atoms with van der Waals surface area (Å²) in [5.74, 6) is 0.000158. The number of rotatable bonds is 4. The number of allylic oxidation sites excluding steroid dienone is 4. The molecule has 1 saturated heterocycles. The minimum Gasteiger partial charge on any atom is -0.497 e. The van der Waals surface area contributed by atoms with E-state index in [9.17, 15) is 8.78 Å². The van der Waals surface area contributed by atoms with Gasteiger partial charge in [0.2, 0.25) is 0 Å². The molecule has 0 unspecified atom stereocenters. The molecule has 27 heavy (non-hydrogen) atoms. The van der Waals surface area contributed by atoms with Crippen LogP contribution in [-0.2, 0) is 4.74 Å². The Bertz CT molecular complexity index is 784. The predicted octanol–water partition coefficient (Wildman–Crippen LogP) is 5.33. The lowest BCUT2D eigenvalue weighted by Gasteiger charge is -2.34. The Kier molecular flexibility index (Phi) is 6.33. The molecule has 3 nitrogen and oxygen atoms in total. The minimum absolute atomic E-state index is 0.0682. The van der Waals surface area contributed by atoms with Crippen LogP contribution < -0.4 is 10.6 Å². The molecule has 0 radical (unpaired) electrons. The number of nitrogens with zero attached hydrogens (tertiary/aromatic N) is 1. The Morgan fingerprint density at radius 3 is 2.41 bits per heavy atom. The monoisotopic (exact) mass is 414 g/mol. The quantitative estimate of drug-likeness (QED) is 0.723. The Hall–Kier alpha value is -1.72. The van der Waals surface area contributed by atoms with E-state index in [0.29, 0.717) is 59.1 Å². The molecule has 0 amide bonds. The Morgan fingerprint density at radius 2 is 1.78 bits per heavy atom. The zero-order valence-electron chi connectivity index (χ0n) is 15.1. The predicted molar refractivity (Wildman–Crippen MR) is 106 cm³/mol. The Balaban J connectivity index is 1.55. The van der Waals surface area contributed by atoms with Crippen molar-refractivity contribution in [2.45, 2.75) is 26.2 Å². The van der Waals surface area contributed by atoms with Gasteiger partial charge in [0.15, 0.2) is 0 Å². The fourth-order valence-corrected chi connectivity index (χ4v) is 3.79. The van der Waals surface area contributed by atoms with Gasteiger partial charge in [0.25, 0.3) is 0 Å². The van der Waals surface area contributed by atoms with Crippen molar-refractivity contribution in [1.82, 2.24) is 0 Å². The lowest BCUT2D eigenvalue weighted by molar-refractivity contribution is 0.146. The van der Waals surface area contributed by atoms with E-state index >= 15 is 0 Å². The van der Waals surface area contributed by atoms with Gasteiger partial charge in [-0.3, -0.25) is 0 Å². The summed E-state index contributed by atoms with van der Waals surface area (Å²) in [5.41, 5.74) is 6.83. The van der Waals surface area contributed by atoms with E-state index in [4.69, 9.17) is 33.7 Å². The molecule has 2 aliphatic rings. The Morgan fingerprint density at radius 1 is 1.15 bits per heavy atom. The van der Waals surface area contributed by atoms with E-state index in [2.05, 4.69) is 0 Å². The maximum atomic E-state index is 14.2. The summed E-state index contributed by atoms with van der Waals surface area (Å²) in [6.45, 7) is 3.37. The molecule has 0 saturated carbocycles. The van der Waals surface area contributed by atoms with Crippen LogP contribution in [0.3, 0.4) is 0 Å². The van der Waals surface area contributed by atoms with E-state index in [0.717, 1.165) is 12.8 Å². The molecular weight excluding hydrogens is 393 g/mol. The molecule has 1 aliphatic heterocycles. The van der Waals surface area contributed by atoms with Crippen molar-refractivity contribution in [2.75, 3.05) is 24.6 Å². The molecule has 0 atom stereocenters. The van der Waals surface area contributed by atoms with Crippen molar-refractivity contribution < 1.29 is 13.5 Å². The molecule has 2 N–H and O–H groups in total. The van der Waals surface area contributed by atoms with Crippen molar-refractivity contribution in [3.8, 4) is 0 Å². The highest BCUT2D eigenvalue weighted by molar-refractivity contribution is 6.35. The Labute approximate surface area is 168 Å². The maximum Gasteiger partial charge on any atom is 0.149 e. The number of hydrogen-bond acceptors (Lipinski definition) is 3. The third-order valence-electron chi connectivity index (χ3n) is 4.89. The van der Waals surface area contributed by atoms with Gasteiger partial charge < -0.3 is 15.4 Å². The van der Waals surface area contributed by atoms with Gasteiger partial charge in [-0.25, -0.2) is 8.78 Å². The number of anilines is 1. The summed E-state index contributed by atoms with van der Waals surface area (Å²) in [6, 6.07) is 2.74. The first-order valence-electron chi connectivity index (χ1n) is 8.89. The normalized spacial score (nSPS) is 18.9. The minimum atomic E-state index is -0.506. The zero-order chi connectivity index (χ0) is 19.6. The van der Waals surface area contributed by atoms with Crippen molar-refractivity contribution in [3.63, 3.8) is 0 Å². The summed E-state index contributed by atoms with van der Waals surface area (Å²) in [6.07, 6.45) is 5.44. The fourth-order valence-electron chi connectivity index (χ4n) is 3.33. The van der Waals surface area contributed by atoms with Crippen LogP contribution in [0.15, 0.2) is 45.8 Å². The first kappa shape index (κ1) is 20.0. The molecule has 0 aromatic heterocycles. The molecule has 1 aromatic carbocycles. The second-order valence-electron chi connectivity index (χ2n) is 6.96. The van der Waals surface area contributed by atoms with Gasteiger partial charge >= 0.3 is 0 Å². The smallest absolute Gasteiger partial charge is 0.149 e. The van der Waals surface area contributed by atoms with E-state index in [-0.39, 0.29) is 5.69 Å².